The molecule has 0 fully saturated rings. The first kappa shape index (κ1) is 24.0. The first-order valence-electron chi connectivity index (χ1n) is 10.2. The molecule has 0 saturated heterocycles. The third-order valence-electron chi connectivity index (χ3n) is 4.93. The number of aromatic nitrogens is 2. The van der Waals surface area contributed by atoms with Gasteiger partial charge < -0.3 is 4.74 Å². The number of nitrogens with zero attached hydrogens (tertiary/aromatic N) is 2. The molecule has 0 spiro atoms. The van der Waals surface area contributed by atoms with Crippen LogP contribution in [0.1, 0.15) is 34.7 Å². The molecule has 3 N–H and O–H groups in total. The smallest absolute Gasteiger partial charge is 0.287 e. The van der Waals surface area contributed by atoms with Gasteiger partial charge in [-0.25, -0.2) is 8.42 Å². The summed E-state index contributed by atoms with van der Waals surface area (Å²) in [6, 6.07) is 14.9. The number of carbonyl (C=O) groups excluding carboxylic acids is 2. The van der Waals surface area contributed by atoms with Gasteiger partial charge in [0.15, 0.2) is 0 Å². The van der Waals surface area contributed by atoms with Crippen LogP contribution in [0.2, 0.25) is 0 Å². The number of sulfonamides is 1. The zero-order valence-corrected chi connectivity index (χ0v) is 19.3. The Morgan fingerprint density at radius 1 is 1.00 bits per heavy atom. The second-order valence-corrected chi connectivity index (χ2v) is 8.80. The van der Waals surface area contributed by atoms with Gasteiger partial charge in [0.05, 0.1) is 12.8 Å². The molecule has 0 saturated carbocycles. The van der Waals surface area contributed by atoms with Gasteiger partial charge in [0.25, 0.3) is 11.8 Å². The Balaban J connectivity index is 1.74. The maximum absolute atomic E-state index is 13.0. The number of H-pyrrole nitrogens is 1. The first-order valence-corrected chi connectivity index (χ1v) is 11.7. The molecule has 0 aliphatic carbocycles. The minimum absolute atomic E-state index is 0.0383. The van der Waals surface area contributed by atoms with Crippen LogP contribution in [0.5, 0.6) is 5.75 Å². The lowest BCUT2D eigenvalue weighted by Crippen LogP contribution is -2.41. The van der Waals surface area contributed by atoms with Gasteiger partial charge in [-0.3, -0.25) is 25.5 Å². The Labute approximate surface area is 192 Å². The van der Waals surface area contributed by atoms with E-state index in [1.54, 1.807) is 19.9 Å². The van der Waals surface area contributed by atoms with Crippen molar-refractivity contribution in [2.75, 3.05) is 20.2 Å². The van der Waals surface area contributed by atoms with Crippen LogP contribution in [-0.2, 0) is 10.0 Å². The van der Waals surface area contributed by atoms with E-state index in [9.17, 15) is 18.0 Å². The van der Waals surface area contributed by atoms with E-state index in [1.165, 1.54) is 29.6 Å². The van der Waals surface area contributed by atoms with Crippen LogP contribution in [0.25, 0.3) is 11.3 Å². The molecule has 0 atom stereocenters. The van der Waals surface area contributed by atoms with E-state index in [0.29, 0.717) is 5.69 Å². The fourth-order valence-corrected chi connectivity index (χ4v) is 4.81. The molecule has 0 bridgehead atoms. The van der Waals surface area contributed by atoms with Crippen molar-refractivity contribution in [1.82, 2.24) is 25.4 Å². The van der Waals surface area contributed by atoms with E-state index in [-0.39, 0.29) is 35.0 Å². The highest BCUT2D eigenvalue weighted by Gasteiger charge is 2.27. The second-order valence-electron chi connectivity index (χ2n) is 6.90. The highest BCUT2D eigenvalue weighted by Crippen LogP contribution is 2.28. The summed E-state index contributed by atoms with van der Waals surface area (Å²) in [7, 11) is -2.52. The molecule has 174 valence electrons. The molecule has 3 aromatic rings. The van der Waals surface area contributed by atoms with Crippen molar-refractivity contribution >= 4 is 21.8 Å². The van der Waals surface area contributed by atoms with Crippen molar-refractivity contribution in [3.63, 3.8) is 0 Å². The number of nitrogens with one attached hydrogen (secondary N) is 3. The van der Waals surface area contributed by atoms with Crippen molar-refractivity contribution in [2.24, 2.45) is 0 Å². The predicted molar refractivity (Wildman–Crippen MR) is 122 cm³/mol. The topological polar surface area (TPSA) is 133 Å². The Bertz CT molecular complexity index is 1240. The van der Waals surface area contributed by atoms with Crippen molar-refractivity contribution in [3.05, 3.63) is 65.9 Å². The van der Waals surface area contributed by atoms with E-state index in [2.05, 4.69) is 21.0 Å². The molecule has 1 aromatic heterocycles. The average Bonchev–Trinajstić information content (AvgIpc) is 3.33. The summed E-state index contributed by atoms with van der Waals surface area (Å²) in [4.78, 5) is 24.9. The Morgan fingerprint density at radius 2 is 1.67 bits per heavy atom. The number of aromatic amines is 1. The average molecular weight is 472 g/mol. The number of amides is 2. The maximum Gasteiger partial charge on any atom is 0.287 e. The Kier molecular flexibility index (Phi) is 7.46. The van der Waals surface area contributed by atoms with Crippen LogP contribution in [-0.4, -0.2) is 54.9 Å². The maximum atomic E-state index is 13.0. The van der Waals surface area contributed by atoms with E-state index in [1.807, 2.05) is 30.3 Å². The quantitative estimate of drug-likeness (QED) is 0.431. The summed E-state index contributed by atoms with van der Waals surface area (Å²) >= 11 is 0. The number of rotatable bonds is 8. The molecule has 0 radical (unpaired) electrons. The lowest BCUT2D eigenvalue weighted by atomic mass is 10.1. The van der Waals surface area contributed by atoms with E-state index >= 15 is 0 Å². The van der Waals surface area contributed by atoms with E-state index < -0.39 is 21.8 Å². The zero-order chi connectivity index (χ0) is 24.0. The summed E-state index contributed by atoms with van der Waals surface area (Å²) < 4.78 is 32.3. The van der Waals surface area contributed by atoms with Gasteiger partial charge in [0.2, 0.25) is 10.0 Å². The molecule has 3 rings (SSSR count). The number of methoxy groups -OCH3 is 1. The third kappa shape index (κ3) is 5.21. The molecule has 11 heteroatoms. The molecule has 1 heterocycles. The molecule has 0 unspecified atom stereocenters. The van der Waals surface area contributed by atoms with Crippen LogP contribution in [0.3, 0.4) is 0 Å². The second kappa shape index (κ2) is 10.3. The number of hydrazine groups is 1. The van der Waals surface area contributed by atoms with Crippen LogP contribution in [0.4, 0.5) is 0 Å². The summed E-state index contributed by atoms with van der Waals surface area (Å²) in [5.74, 6) is -1.18. The van der Waals surface area contributed by atoms with Gasteiger partial charge in [-0.1, -0.05) is 44.2 Å². The Hall–Kier alpha value is -3.70. The molecule has 2 aromatic carbocycles. The minimum Gasteiger partial charge on any atom is -0.495 e. The van der Waals surface area contributed by atoms with Crippen LogP contribution < -0.4 is 15.6 Å². The number of benzene rings is 2. The van der Waals surface area contributed by atoms with Gasteiger partial charge in [-0.05, 0) is 24.3 Å². The van der Waals surface area contributed by atoms with Gasteiger partial charge in [0.1, 0.15) is 16.3 Å². The standard InChI is InChI=1S/C22H25N5O5S/c1-4-27(5-2)33(30,31)20-13-16(11-12-19(20)32-3)21(28)25-26-22(29)18-14-17(23-24-18)15-9-7-6-8-10-15/h6-14H,4-5H2,1-3H3,(H,23,24)(H,25,28)(H,26,29). The van der Waals surface area contributed by atoms with E-state index in [0.717, 1.165) is 5.56 Å². The number of hydrogen-bond acceptors (Lipinski definition) is 6. The molecular weight excluding hydrogens is 446 g/mol. The van der Waals surface area contributed by atoms with Gasteiger partial charge in [0, 0.05) is 24.2 Å². The first-order chi connectivity index (χ1) is 15.8. The van der Waals surface area contributed by atoms with Crippen molar-refractivity contribution < 1.29 is 22.7 Å². The molecular formula is C22H25N5O5S. The molecule has 33 heavy (non-hydrogen) atoms. The molecule has 0 aliphatic heterocycles. The highest BCUT2D eigenvalue weighted by molar-refractivity contribution is 7.89. The van der Waals surface area contributed by atoms with Crippen LogP contribution in [0.15, 0.2) is 59.5 Å². The predicted octanol–water partition coefficient (Wildman–Crippen LogP) is 2.19. The van der Waals surface area contributed by atoms with E-state index in [4.69, 9.17) is 4.74 Å². The fourth-order valence-electron chi connectivity index (χ4n) is 3.17. The number of hydrogen-bond donors (Lipinski definition) is 3. The normalized spacial score (nSPS) is 11.3. The van der Waals surface area contributed by atoms with Crippen LogP contribution in [0, 0.1) is 0 Å². The summed E-state index contributed by atoms with van der Waals surface area (Å²) in [6.45, 7) is 3.98. The van der Waals surface area contributed by atoms with Gasteiger partial charge >= 0.3 is 0 Å². The lowest BCUT2D eigenvalue weighted by Gasteiger charge is -2.20. The van der Waals surface area contributed by atoms with Crippen molar-refractivity contribution in [2.45, 2.75) is 18.7 Å². The fraction of sp³-hybridized carbons (Fsp3) is 0.227. The SMILES string of the molecule is CCN(CC)S(=O)(=O)c1cc(C(=O)NNC(=O)c2cc(-c3ccccc3)n[nH]2)ccc1OC. The summed E-state index contributed by atoms with van der Waals surface area (Å²) in [5, 5.41) is 6.72. The van der Waals surface area contributed by atoms with Crippen molar-refractivity contribution in [1.29, 1.82) is 0 Å². The zero-order valence-electron chi connectivity index (χ0n) is 18.5. The largest absolute Gasteiger partial charge is 0.495 e. The molecule has 2 amide bonds. The summed E-state index contributed by atoms with van der Waals surface area (Å²) in [6.07, 6.45) is 0. The third-order valence-corrected chi connectivity index (χ3v) is 7.00. The molecule has 10 nitrogen and oxygen atoms in total. The van der Waals surface area contributed by atoms with Gasteiger partial charge in [-0.15, -0.1) is 0 Å². The Morgan fingerprint density at radius 3 is 2.30 bits per heavy atom. The van der Waals surface area contributed by atoms with Gasteiger partial charge in [-0.2, -0.15) is 9.40 Å². The van der Waals surface area contributed by atoms with Crippen LogP contribution >= 0.6 is 0 Å². The number of carbonyl (C=O) groups is 2. The molecule has 0 aliphatic rings. The minimum atomic E-state index is -3.87. The lowest BCUT2D eigenvalue weighted by molar-refractivity contribution is 0.0843. The summed E-state index contributed by atoms with van der Waals surface area (Å²) in [5.41, 5.74) is 6.17. The number of ether oxygens (including phenoxy) is 1. The van der Waals surface area contributed by atoms with Crippen molar-refractivity contribution in [3.8, 4) is 17.0 Å². The monoisotopic (exact) mass is 471 g/mol. The highest BCUT2D eigenvalue weighted by atomic mass is 32.2.